The molecule has 1 unspecified atom stereocenters. The van der Waals surface area contributed by atoms with E-state index < -0.39 is 0 Å². The Hall–Kier alpha value is -2.35. The molecule has 0 bridgehead atoms. The van der Waals surface area contributed by atoms with Crippen LogP contribution < -0.4 is 16.0 Å². The van der Waals surface area contributed by atoms with Crippen molar-refractivity contribution in [3.8, 4) is 0 Å². The molecule has 9 heteroatoms. The van der Waals surface area contributed by atoms with Crippen molar-refractivity contribution in [2.45, 2.75) is 19.4 Å². The average Bonchev–Trinajstić information content (AvgIpc) is 3.05. The lowest BCUT2D eigenvalue weighted by Gasteiger charge is -2.17. The number of hydrogen-bond donors (Lipinski definition) is 2. The van der Waals surface area contributed by atoms with Gasteiger partial charge in [-0.1, -0.05) is 11.6 Å². The van der Waals surface area contributed by atoms with Crippen LogP contribution in [0.1, 0.15) is 19.4 Å². The van der Waals surface area contributed by atoms with Crippen molar-refractivity contribution in [3.63, 3.8) is 0 Å². The van der Waals surface area contributed by atoms with Gasteiger partial charge in [0.05, 0.1) is 6.04 Å². The molecule has 3 rings (SSSR count). The van der Waals surface area contributed by atoms with Gasteiger partial charge in [-0.15, -0.1) is 0 Å². The topological polar surface area (TPSA) is 102 Å². The van der Waals surface area contributed by atoms with Gasteiger partial charge >= 0.3 is 0 Å². The largest absolute Gasteiger partial charge is 0.368 e. The summed E-state index contributed by atoms with van der Waals surface area (Å²) in [5, 5.41) is 7.37. The van der Waals surface area contributed by atoms with Crippen molar-refractivity contribution in [3.05, 3.63) is 23.5 Å². The second kappa shape index (κ2) is 5.80. The Balaban J connectivity index is 1.71. The monoisotopic (exact) mass is 321 g/mol. The molecule has 1 saturated heterocycles. The normalized spacial score (nSPS) is 17.7. The highest BCUT2D eigenvalue weighted by Crippen LogP contribution is 2.27. The summed E-state index contributed by atoms with van der Waals surface area (Å²) in [6.45, 7) is 3.03. The molecule has 0 aromatic carbocycles. The molecular formula is C13H16ClN7O. The van der Waals surface area contributed by atoms with Crippen molar-refractivity contribution in [1.82, 2.24) is 19.7 Å². The van der Waals surface area contributed by atoms with Crippen LogP contribution in [0.3, 0.4) is 0 Å². The average molecular weight is 322 g/mol. The summed E-state index contributed by atoms with van der Waals surface area (Å²) in [6, 6.07) is 3.69. The second-order valence-corrected chi connectivity index (χ2v) is 5.55. The van der Waals surface area contributed by atoms with Crippen LogP contribution in [-0.2, 0) is 4.79 Å². The number of aromatic nitrogens is 4. The number of nitrogens with two attached hydrogens (primary N) is 1. The Labute approximate surface area is 132 Å². The molecule has 0 saturated carbocycles. The quantitative estimate of drug-likeness (QED) is 0.827. The third-order valence-corrected chi connectivity index (χ3v) is 3.67. The molecule has 0 aliphatic carbocycles. The summed E-state index contributed by atoms with van der Waals surface area (Å²) in [6.07, 6.45) is 2.78. The van der Waals surface area contributed by atoms with Crippen molar-refractivity contribution in [1.29, 1.82) is 0 Å². The number of nitrogen functional groups attached to an aromatic ring is 1. The number of nitrogens with zero attached hydrogens (tertiary/aromatic N) is 5. The number of carbonyl (C=O) groups is 1. The Morgan fingerprint density at radius 3 is 3.05 bits per heavy atom. The number of carbonyl (C=O) groups excluding carboxylic acids is 1. The minimum absolute atomic E-state index is 0.135. The molecule has 1 amide bonds. The molecule has 2 aromatic rings. The fourth-order valence-electron chi connectivity index (χ4n) is 2.54. The maximum Gasteiger partial charge on any atom is 0.223 e. The molecule has 2 aromatic heterocycles. The standard InChI is InChI=1S/C13H16ClN7O/c1-8(22)16-11-3-5-21(19-11)9-2-4-20(7-9)12-6-10(14)17-13(15)18-12/h3,5-6,9H,2,4,7H2,1H3,(H2,15,17,18)(H,16,19,22). The van der Waals surface area contributed by atoms with Gasteiger partial charge in [0.2, 0.25) is 11.9 Å². The molecule has 1 aliphatic rings. The van der Waals surface area contributed by atoms with E-state index in [0.29, 0.717) is 16.8 Å². The van der Waals surface area contributed by atoms with Crippen molar-refractivity contribution < 1.29 is 4.79 Å². The zero-order valence-electron chi connectivity index (χ0n) is 12.0. The number of anilines is 3. The van der Waals surface area contributed by atoms with Crippen molar-refractivity contribution in [2.75, 3.05) is 29.0 Å². The van der Waals surface area contributed by atoms with Crippen molar-refractivity contribution in [2.24, 2.45) is 0 Å². The first-order valence-corrected chi connectivity index (χ1v) is 7.27. The van der Waals surface area contributed by atoms with Crippen LogP contribution in [-0.4, -0.2) is 38.7 Å². The predicted molar refractivity (Wildman–Crippen MR) is 83.9 cm³/mol. The van der Waals surface area contributed by atoms with E-state index in [1.54, 1.807) is 12.1 Å². The molecular weight excluding hydrogens is 306 g/mol. The number of hydrogen-bond acceptors (Lipinski definition) is 6. The number of halogens is 1. The van der Waals surface area contributed by atoms with Gasteiger partial charge in [0.25, 0.3) is 0 Å². The Kier molecular flexibility index (Phi) is 3.84. The van der Waals surface area contributed by atoms with Crippen LogP contribution in [0, 0.1) is 0 Å². The molecule has 1 atom stereocenters. The third-order valence-electron chi connectivity index (χ3n) is 3.47. The van der Waals surface area contributed by atoms with Gasteiger partial charge in [0.15, 0.2) is 5.82 Å². The maximum atomic E-state index is 11.0. The van der Waals surface area contributed by atoms with Crippen LogP contribution >= 0.6 is 11.6 Å². The van der Waals surface area contributed by atoms with Gasteiger partial charge in [-0.2, -0.15) is 10.1 Å². The first-order valence-electron chi connectivity index (χ1n) is 6.89. The molecule has 1 aliphatic heterocycles. The van der Waals surface area contributed by atoms with Crippen LogP contribution in [0.15, 0.2) is 18.3 Å². The maximum absolute atomic E-state index is 11.0. The Morgan fingerprint density at radius 1 is 1.50 bits per heavy atom. The molecule has 0 radical (unpaired) electrons. The summed E-state index contributed by atoms with van der Waals surface area (Å²) < 4.78 is 1.86. The van der Waals surface area contributed by atoms with Gasteiger partial charge in [-0.3, -0.25) is 9.48 Å². The lowest BCUT2D eigenvalue weighted by atomic mass is 10.3. The van der Waals surface area contributed by atoms with Gasteiger partial charge in [0.1, 0.15) is 11.0 Å². The first kappa shape index (κ1) is 14.6. The molecule has 22 heavy (non-hydrogen) atoms. The highest BCUT2D eigenvalue weighted by atomic mass is 35.5. The molecule has 3 heterocycles. The van der Waals surface area contributed by atoms with E-state index in [1.807, 2.05) is 10.9 Å². The smallest absolute Gasteiger partial charge is 0.223 e. The van der Waals surface area contributed by atoms with Gasteiger partial charge < -0.3 is 16.0 Å². The van der Waals surface area contributed by atoms with Crippen LogP contribution in [0.4, 0.5) is 17.6 Å². The fourth-order valence-corrected chi connectivity index (χ4v) is 2.72. The van der Waals surface area contributed by atoms with E-state index in [9.17, 15) is 4.79 Å². The van der Waals surface area contributed by atoms with E-state index in [4.69, 9.17) is 17.3 Å². The van der Waals surface area contributed by atoms with Crippen LogP contribution in [0.2, 0.25) is 5.15 Å². The minimum Gasteiger partial charge on any atom is -0.368 e. The summed E-state index contributed by atoms with van der Waals surface area (Å²) >= 11 is 5.92. The van der Waals surface area contributed by atoms with E-state index >= 15 is 0 Å². The second-order valence-electron chi connectivity index (χ2n) is 5.16. The van der Waals surface area contributed by atoms with Gasteiger partial charge in [0, 0.05) is 38.3 Å². The molecule has 116 valence electrons. The molecule has 1 fully saturated rings. The predicted octanol–water partition coefficient (Wildman–Crippen LogP) is 1.32. The van der Waals surface area contributed by atoms with Crippen LogP contribution in [0.25, 0.3) is 0 Å². The fraction of sp³-hybridized carbons (Fsp3) is 0.385. The van der Waals surface area contributed by atoms with Crippen LogP contribution in [0.5, 0.6) is 0 Å². The molecule has 0 spiro atoms. The summed E-state index contributed by atoms with van der Waals surface area (Å²) in [5.74, 6) is 1.30. The third kappa shape index (κ3) is 3.11. The van der Waals surface area contributed by atoms with E-state index in [1.165, 1.54) is 6.92 Å². The Morgan fingerprint density at radius 2 is 2.32 bits per heavy atom. The highest BCUT2D eigenvalue weighted by molar-refractivity contribution is 6.29. The van der Waals surface area contributed by atoms with Crippen molar-refractivity contribution >= 4 is 35.1 Å². The minimum atomic E-state index is -0.135. The SMILES string of the molecule is CC(=O)Nc1ccn(C2CCN(c3cc(Cl)nc(N)n3)C2)n1. The van der Waals surface area contributed by atoms with E-state index in [0.717, 1.165) is 19.5 Å². The molecule has 3 N–H and O–H groups in total. The number of amides is 1. The first-order chi connectivity index (χ1) is 10.5. The van der Waals surface area contributed by atoms with E-state index in [2.05, 4.69) is 25.3 Å². The summed E-state index contributed by atoms with van der Waals surface area (Å²) in [5.41, 5.74) is 5.63. The Bertz CT molecular complexity index is 681. The highest BCUT2D eigenvalue weighted by Gasteiger charge is 2.26. The lowest BCUT2D eigenvalue weighted by molar-refractivity contribution is -0.114. The zero-order chi connectivity index (χ0) is 15.7. The summed E-state index contributed by atoms with van der Waals surface area (Å²) in [7, 11) is 0. The number of rotatable bonds is 3. The van der Waals surface area contributed by atoms with Gasteiger partial charge in [-0.05, 0) is 6.42 Å². The number of nitrogens with one attached hydrogen (secondary N) is 1. The summed E-state index contributed by atoms with van der Waals surface area (Å²) in [4.78, 5) is 21.2. The van der Waals surface area contributed by atoms with E-state index in [-0.39, 0.29) is 17.9 Å². The lowest BCUT2D eigenvalue weighted by Crippen LogP contribution is -2.22. The van der Waals surface area contributed by atoms with Gasteiger partial charge in [-0.25, -0.2) is 4.98 Å². The zero-order valence-corrected chi connectivity index (χ0v) is 12.8. The molecule has 8 nitrogen and oxygen atoms in total.